The first-order valence-corrected chi connectivity index (χ1v) is 8.75. The zero-order chi connectivity index (χ0) is 15.2. The Bertz CT molecular complexity index is 464. The first-order chi connectivity index (χ1) is 10.1. The highest BCUT2D eigenvalue weighted by atomic mass is 79.9. The molecule has 0 radical (unpaired) electrons. The summed E-state index contributed by atoms with van der Waals surface area (Å²) in [6, 6.07) is 1.88. The van der Waals surface area contributed by atoms with Crippen LogP contribution < -0.4 is 5.32 Å². The van der Waals surface area contributed by atoms with Crippen molar-refractivity contribution >= 4 is 21.8 Å². The molecule has 5 heteroatoms. The van der Waals surface area contributed by atoms with Gasteiger partial charge in [-0.05, 0) is 73.7 Å². The maximum atomic E-state index is 12.2. The predicted octanol–water partition coefficient (Wildman–Crippen LogP) is 3.12. The maximum Gasteiger partial charge on any atom is 0.267 e. The van der Waals surface area contributed by atoms with Gasteiger partial charge >= 0.3 is 0 Å². The number of piperidine rings is 1. The third-order valence-electron chi connectivity index (χ3n) is 4.25. The minimum absolute atomic E-state index is 0.0230. The number of rotatable bonds is 6. The molecule has 0 spiro atoms. The number of carbonyl (C=O) groups excluding carboxylic acids is 1. The minimum Gasteiger partial charge on any atom is -0.351 e. The number of nitrogens with one attached hydrogen (secondary N) is 1. The quantitative estimate of drug-likeness (QED) is 0.796. The molecule has 0 aliphatic carbocycles. The number of hydrogen-bond acceptors (Lipinski definition) is 2. The van der Waals surface area contributed by atoms with E-state index in [1.807, 2.05) is 23.8 Å². The van der Waals surface area contributed by atoms with E-state index in [9.17, 15) is 4.79 Å². The van der Waals surface area contributed by atoms with Gasteiger partial charge in [-0.3, -0.25) is 4.79 Å². The van der Waals surface area contributed by atoms with Gasteiger partial charge in [-0.1, -0.05) is 6.92 Å². The second-order valence-electron chi connectivity index (χ2n) is 5.96. The number of carbonyl (C=O) groups is 1. The van der Waals surface area contributed by atoms with Crippen molar-refractivity contribution in [2.45, 2.75) is 39.7 Å². The van der Waals surface area contributed by atoms with E-state index >= 15 is 0 Å². The van der Waals surface area contributed by atoms with Gasteiger partial charge in [0.1, 0.15) is 5.69 Å². The van der Waals surface area contributed by atoms with Crippen LogP contribution in [0.1, 0.15) is 43.6 Å². The number of likely N-dealkylation sites (tertiary alicyclic amines) is 1. The molecule has 21 heavy (non-hydrogen) atoms. The van der Waals surface area contributed by atoms with Crippen molar-refractivity contribution in [3.8, 4) is 0 Å². The Morgan fingerprint density at radius 3 is 2.81 bits per heavy atom. The molecule has 4 nitrogen and oxygen atoms in total. The summed E-state index contributed by atoms with van der Waals surface area (Å²) in [5.41, 5.74) is 0.733. The highest BCUT2D eigenvalue weighted by molar-refractivity contribution is 9.10. The molecule has 1 saturated heterocycles. The van der Waals surface area contributed by atoms with Gasteiger partial charge in [-0.2, -0.15) is 0 Å². The van der Waals surface area contributed by atoms with E-state index < -0.39 is 0 Å². The zero-order valence-electron chi connectivity index (χ0n) is 13.1. The topological polar surface area (TPSA) is 37.3 Å². The molecule has 1 aliphatic rings. The molecule has 1 aromatic heterocycles. The average Bonchev–Trinajstić information content (AvgIpc) is 2.86. The Balaban J connectivity index is 1.69. The van der Waals surface area contributed by atoms with Crippen molar-refractivity contribution in [1.29, 1.82) is 0 Å². The second kappa shape index (κ2) is 7.99. The Morgan fingerprint density at radius 1 is 1.43 bits per heavy atom. The summed E-state index contributed by atoms with van der Waals surface area (Å²) in [5.74, 6) is 0.899. The van der Waals surface area contributed by atoms with Crippen LogP contribution in [-0.4, -0.2) is 41.6 Å². The van der Waals surface area contributed by atoms with Crippen LogP contribution in [-0.2, 0) is 6.54 Å². The summed E-state index contributed by atoms with van der Waals surface area (Å²) in [7, 11) is 0. The molecule has 2 heterocycles. The molecule has 1 N–H and O–H groups in total. The van der Waals surface area contributed by atoms with Gasteiger partial charge in [-0.15, -0.1) is 0 Å². The number of nitrogens with zero attached hydrogens (tertiary/aromatic N) is 2. The van der Waals surface area contributed by atoms with E-state index in [1.165, 1.54) is 25.9 Å². The predicted molar refractivity (Wildman–Crippen MR) is 89.6 cm³/mol. The second-order valence-corrected chi connectivity index (χ2v) is 6.88. The van der Waals surface area contributed by atoms with Crippen molar-refractivity contribution in [3.05, 3.63) is 22.4 Å². The monoisotopic (exact) mass is 355 g/mol. The van der Waals surface area contributed by atoms with Crippen LogP contribution in [0.15, 0.2) is 16.7 Å². The Morgan fingerprint density at radius 2 is 2.14 bits per heavy atom. The number of aryl methyl sites for hydroxylation is 1. The molecule has 0 aromatic carbocycles. The first-order valence-electron chi connectivity index (χ1n) is 7.96. The normalized spacial score (nSPS) is 17.1. The minimum atomic E-state index is 0.0230. The molecule has 0 unspecified atom stereocenters. The first kappa shape index (κ1) is 16.6. The van der Waals surface area contributed by atoms with Gasteiger partial charge < -0.3 is 14.8 Å². The largest absolute Gasteiger partial charge is 0.351 e. The summed E-state index contributed by atoms with van der Waals surface area (Å²) in [6.45, 7) is 9.43. The van der Waals surface area contributed by atoms with E-state index in [0.29, 0.717) is 0 Å². The highest BCUT2D eigenvalue weighted by Gasteiger charge is 2.15. The van der Waals surface area contributed by atoms with Crippen LogP contribution in [0.3, 0.4) is 0 Å². The molecule has 0 bridgehead atoms. The van der Waals surface area contributed by atoms with Crippen LogP contribution in [0.4, 0.5) is 0 Å². The van der Waals surface area contributed by atoms with Gasteiger partial charge in [0.25, 0.3) is 5.91 Å². The maximum absolute atomic E-state index is 12.2. The average molecular weight is 356 g/mol. The third kappa shape index (κ3) is 4.85. The molecular weight excluding hydrogens is 330 g/mol. The van der Waals surface area contributed by atoms with Gasteiger partial charge in [0.15, 0.2) is 0 Å². The summed E-state index contributed by atoms with van der Waals surface area (Å²) in [6.07, 6.45) is 5.59. The van der Waals surface area contributed by atoms with Gasteiger partial charge in [-0.25, -0.2) is 0 Å². The Hall–Kier alpha value is -0.810. The van der Waals surface area contributed by atoms with Gasteiger partial charge in [0.05, 0.1) is 0 Å². The molecule has 2 rings (SSSR count). The van der Waals surface area contributed by atoms with Crippen LogP contribution in [0.25, 0.3) is 0 Å². The van der Waals surface area contributed by atoms with Crippen LogP contribution in [0, 0.1) is 5.92 Å². The SMILES string of the molecule is CCn1cc(Br)cc1C(=O)NCCCN1CCC(C)CC1. The van der Waals surface area contributed by atoms with Crippen molar-refractivity contribution in [3.63, 3.8) is 0 Å². The third-order valence-corrected chi connectivity index (χ3v) is 4.68. The molecule has 0 saturated carbocycles. The Kier molecular flexibility index (Phi) is 6.30. The summed E-state index contributed by atoms with van der Waals surface area (Å²) in [4.78, 5) is 14.7. The summed E-state index contributed by atoms with van der Waals surface area (Å²) < 4.78 is 2.92. The summed E-state index contributed by atoms with van der Waals surface area (Å²) >= 11 is 3.42. The van der Waals surface area contributed by atoms with E-state index in [4.69, 9.17) is 0 Å². The molecule has 0 atom stereocenters. The molecule has 1 amide bonds. The zero-order valence-corrected chi connectivity index (χ0v) is 14.7. The lowest BCUT2D eigenvalue weighted by atomic mass is 9.99. The molecule has 118 valence electrons. The number of hydrogen-bond donors (Lipinski definition) is 1. The standard InChI is InChI=1S/C16H26BrN3O/c1-3-20-12-14(17)11-15(20)16(21)18-7-4-8-19-9-5-13(2)6-10-19/h11-13H,3-10H2,1-2H3,(H,18,21). The number of amides is 1. The lowest BCUT2D eigenvalue weighted by molar-refractivity contribution is 0.0941. The molecule has 1 aromatic rings. The lowest BCUT2D eigenvalue weighted by Crippen LogP contribution is -2.35. The van der Waals surface area contributed by atoms with E-state index in [1.54, 1.807) is 0 Å². The molecule has 1 fully saturated rings. The lowest BCUT2D eigenvalue weighted by Gasteiger charge is -2.30. The smallest absolute Gasteiger partial charge is 0.267 e. The summed E-state index contributed by atoms with van der Waals surface area (Å²) in [5, 5.41) is 3.03. The molecule has 1 aliphatic heterocycles. The van der Waals surface area contributed by atoms with E-state index in [-0.39, 0.29) is 5.91 Å². The fraction of sp³-hybridized carbons (Fsp3) is 0.688. The van der Waals surface area contributed by atoms with Crippen molar-refractivity contribution in [2.75, 3.05) is 26.2 Å². The highest BCUT2D eigenvalue weighted by Crippen LogP contribution is 2.16. The molecular formula is C16H26BrN3O. The van der Waals surface area contributed by atoms with Crippen molar-refractivity contribution < 1.29 is 4.79 Å². The van der Waals surface area contributed by atoms with Gasteiger partial charge in [0.2, 0.25) is 0 Å². The fourth-order valence-corrected chi connectivity index (χ4v) is 3.27. The number of halogens is 1. The van der Waals surface area contributed by atoms with E-state index in [2.05, 4.69) is 33.1 Å². The van der Waals surface area contributed by atoms with Gasteiger partial charge in [0, 0.05) is 23.8 Å². The van der Waals surface area contributed by atoms with Crippen LogP contribution in [0.5, 0.6) is 0 Å². The van der Waals surface area contributed by atoms with Crippen LogP contribution in [0.2, 0.25) is 0 Å². The van der Waals surface area contributed by atoms with Crippen molar-refractivity contribution in [1.82, 2.24) is 14.8 Å². The van der Waals surface area contributed by atoms with Crippen molar-refractivity contribution in [2.24, 2.45) is 5.92 Å². The van der Waals surface area contributed by atoms with Crippen LogP contribution >= 0.6 is 15.9 Å². The number of aromatic nitrogens is 1. The Labute approximate surface area is 136 Å². The fourth-order valence-electron chi connectivity index (χ4n) is 2.81. The van der Waals surface area contributed by atoms with E-state index in [0.717, 1.165) is 42.1 Å².